The van der Waals surface area contributed by atoms with Crippen molar-refractivity contribution in [1.29, 1.82) is 0 Å². The van der Waals surface area contributed by atoms with Crippen molar-refractivity contribution in [3.63, 3.8) is 0 Å². The zero-order valence-corrected chi connectivity index (χ0v) is 18.4. The van der Waals surface area contributed by atoms with Crippen LogP contribution in [-0.2, 0) is 14.9 Å². The predicted molar refractivity (Wildman–Crippen MR) is 112 cm³/mol. The van der Waals surface area contributed by atoms with Crippen LogP contribution in [0.5, 0.6) is 0 Å². The van der Waals surface area contributed by atoms with Crippen LogP contribution in [-0.4, -0.2) is 33.1 Å². The highest BCUT2D eigenvalue weighted by Crippen LogP contribution is 2.32. The number of benzene rings is 1. The molecule has 0 amide bonds. The predicted octanol–water partition coefficient (Wildman–Crippen LogP) is 4.39. The van der Waals surface area contributed by atoms with Crippen LogP contribution in [0.1, 0.15) is 39.1 Å². The molecule has 3 rings (SSSR count). The Kier molecular flexibility index (Phi) is 6.21. The minimum atomic E-state index is -0.521. The minimum absolute atomic E-state index is 0.0950. The Morgan fingerprint density at radius 1 is 1.32 bits per heavy atom. The summed E-state index contributed by atoms with van der Waals surface area (Å²) in [6.07, 6.45) is 0.290. The van der Waals surface area contributed by atoms with Crippen LogP contribution in [0.4, 0.5) is 4.39 Å². The van der Waals surface area contributed by atoms with Gasteiger partial charge in [0.05, 0.1) is 23.2 Å². The van der Waals surface area contributed by atoms with Crippen LogP contribution < -0.4 is 4.87 Å². The summed E-state index contributed by atoms with van der Waals surface area (Å²) in [5, 5.41) is 4.96. The molecule has 0 bridgehead atoms. The monoisotopic (exact) mass is 441 g/mol. The van der Waals surface area contributed by atoms with E-state index in [1.54, 1.807) is 13.0 Å². The van der Waals surface area contributed by atoms with E-state index in [0.29, 0.717) is 27.6 Å². The van der Waals surface area contributed by atoms with Gasteiger partial charge >= 0.3 is 10.8 Å². The number of fused-ring (bicyclic) bond motifs is 1. The molecule has 0 aliphatic heterocycles. The average molecular weight is 442 g/mol. The van der Waals surface area contributed by atoms with Crippen molar-refractivity contribution in [2.24, 2.45) is 0 Å². The van der Waals surface area contributed by atoms with Gasteiger partial charge in [-0.1, -0.05) is 43.9 Å². The number of carbonyl (C=O) groups is 1. The van der Waals surface area contributed by atoms with Crippen molar-refractivity contribution in [1.82, 2.24) is 14.8 Å². The third-order valence-electron chi connectivity index (χ3n) is 3.69. The maximum atomic E-state index is 14.7. The number of hydrogen-bond donors (Lipinski definition) is 0. The van der Waals surface area contributed by atoms with Crippen LogP contribution >= 0.6 is 34.4 Å². The second-order valence-electron chi connectivity index (χ2n) is 6.99. The molecule has 0 saturated carbocycles. The first kappa shape index (κ1) is 20.9. The van der Waals surface area contributed by atoms with Gasteiger partial charge < -0.3 is 4.74 Å². The van der Waals surface area contributed by atoms with Gasteiger partial charge in [-0.3, -0.25) is 9.59 Å². The number of carbonyl (C=O) groups excluding carboxylic acids is 1. The quantitative estimate of drug-likeness (QED) is 0.417. The highest BCUT2D eigenvalue weighted by atomic mass is 32.2. The smallest absolute Gasteiger partial charge is 0.329 e. The number of halogens is 1. The van der Waals surface area contributed by atoms with E-state index in [0.717, 1.165) is 20.4 Å². The van der Waals surface area contributed by atoms with E-state index in [2.05, 4.69) is 10.1 Å². The number of thiazole rings is 1. The number of thioether (sulfide) groups is 1. The molecule has 1 aromatic carbocycles. The van der Waals surface area contributed by atoms with Crippen molar-refractivity contribution in [3.05, 3.63) is 32.6 Å². The molecule has 0 radical (unpaired) electrons. The molecule has 0 fully saturated rings. The Hall–Kier alpha value is -1.78. The van der Waals surface area contributed by atoms with Gasteiger partial charge in [-0.25, -0.2) is 9.37 Å². The fraction of sp³-hybridized carbons (Fsp3) is 0.444. The average Bonchev–Trinajstić information content (AvgIpc) is 3.16. The van der Waals surface area contributed by atoms with Gasteiger partial charge in [0.25, 0.3) is 0 Å². The lowest BCUT2D eigenvalue weighted by molar-refractivity contribution is -0.142. The van der Waals surface area contributed by atoms with Crippen LogP contribution in [0, 0.1) is 5.82 Å². The molecule has 10 heteroatoms. The zero-order chi connectivity index (χ0) is 20.5. The number of rotatable bonds is 6. The third-order valence-corrected chi connectivity index (χ3v) is 7.09. The van der Waals surface area contributed by atoms with Gasteiger partial charge in [0.2, 0.25) is 0 Å². The van der Waals surface area contributed by atoms with Gasteiger partial charge in [-0.05, 0) is 19.1 Å². The fourth-order valence-corrected chi connectivity index (χ4v) is 5.21. The van der Waals surface area contributed by atoms with Crippen LogP contribution in [0.25, 0.3) is 15.9 Å². The van der Waals surface area contributed by atoms with Gasteiger partial charge in [-0.15, -0.1) is 11.3 Å². The largest absolute Gasteiger partial charge is 0.466 e. The lowest BCUT2D eigenvalue weighted by Crippen LogP contribution is -2.15. The van der Waals surface area contributed by atoms with Gasteiger partial charge in [0, 0.05) is 11.2 Å². The highest BCUT2D eigenvalue weighted by Gasteiger charge is 2.22. The van der Waals surface area contributed by atoms with Gasteiger partial charge in [0.1, 0.15) is 10.7 Å². The summed E-state index contributed by atoms with van der Waals surface area (Å²) in [4.78, 5) is 27.9. The first-order valence-corrected chi connectivity index (χ1v) is 11.3. The molecule has 3 aromatic rings. The third kappa shape index (κ3) is 4.61. The maximum absolute atomic E-state index is 14.7. The molecule has 150 valence electrons. The summed E-state index contributed by atoms with van der Waals surface area (Å²) >= 11 is 3.79. The van der Waals surface area contributed by atoms with E-state index in [9.17, 15) is 14.0 Å². The molecule has 2 heterocycles. The van der Waals surface area contributed by atoms with E-state index in [4.69, 9.17) is 4.74 Å². The Morgan fingerprint density at radius 2 is 2.07 bits per heavy atom. The zero-order valence-electron chi connectivity index (χ0n) is 15.9. The number of nitrogens with zero attached hydrogens (tertiary/aromatic N) is 3. The molecule has 0 unspecified atom stereocenters. The van der Waals surface area contributed by atoms with Crippen LogP contribution in [0.15, 0.2) is 21.3 Å². The highest BCUT2D eigenvalue weighted by molar-refractivity contribution is 8.01. The SMILES string of the molecule is CCOC(=O)CCSc1nc2cc(-n3nc(C(C)(C)C)sc3=O)c(F)cc2s1. The number of hydrogen-bond acceptors (Lipinski definition) is 8. The van der Waals surface area contributed by atoms with Crippen molar-refractivity contribution in [2.75, 3.05) is 12.4 Å². The Balaban J connectivity index is 1.86. The lowest BCUT2D eigenvalue weighted by Gasteiger charge is -2.12. The van der Waals surface area contributed by atoms with Gasteiger partial charge in [0.15, 0.2) is 10.2 Å². The summed E-state index contributed by atoms with van der Waals surface area (Å²) in [5.74, 6) is -0.233. The molecule has 0 saturated heterocycles. The Morgan fingerprint density at radius 3 is 2.71 bits per heavy atom. The molecule has 0 aliphatic carbocycles. The topological polar surface area (TPSA) is 74.1 Å². The summed E-state index contributed by atoms with van der Waals surface area (Å²) in [7, 11) is 0. The van der Waals surface area contributed by atoms with E-state index in [1.165, 1.54) is 29.2 Å². The van der Waals surface area contributed by atoms with Crippen LogP contribution in [0.3, 0.4) is 0 Å². The standard InChI is InChI=1S/C18H20FN3O3S3/c1-5-25-14(23)6-7-26-16-20-11-9-12(10(19)8-13(11)27-16)22-17(24)28-15(21-22)18(2,3)4/h8-9H,5-7H2,1-4H3. The first-order valence-electron chi connectivity index (χ1n) is 8.68. The minimum Gasteiger partial charge on any atom is -0.466 e. The second kappa shape index (κ2) is 8.30. The van der Waals surface area contributed by atoms with Crippen molar-refractivity contribution >= 4 is 50.6 Å². The lowest BCUT2D eigenvalue weighted by atomic mass is 9.98. The Labute approximate surface area is 173 Å². The van der Waals surface area contributed by atoms with Crippen molar-refractivity contribution in [3.8, 4) is 5.69 Å². The molecule has 0 N–H and O–H groups in total. The number of ether oxygens (including phenoxy) is 1. The fourth-order valence-electron chi connectivity index (χ4n) is 2.33. The van der Waals surface area contributed by atoms with E-state index < -0.39 is 5.82 Å². The summed E-state index contributed by atoms with van der Waals surface area (Å²) in [5.41, 5.74) is 0.397. The molecule has 28 heavy (non-hydrogen) atoms. The first-order chi connectivity index (χ1) is 13.2. The van der Waals surface area contributed by atoms with Crippen LogP contribution in [0.2, 0.25) is 0 Å². The maximum Gasteiger partial charge on any atom is 0.329 e. The van der Waals surface area contributed by atoms with E-state index in [-0.39, 0.29) is 28.4 Å². The van der Waals surface area contributed by atoms with Gasteiger partial charge in [-0.2, -0.15) is 9.78 Å². The van der Waals surface area contributed by atoms with E-state index in [1.807, 2.05) is 20.8 Å². The molecular weight excluding hydrogens is 421 g/mol. The second-order valence-corrected chi connectivity index (χ2v) is 10.3. The Bertz CT molecular complexity index is 1070. The molecule has 2 aromatic heterocycles. The van der Waals surface area contributed by atoms with Crippen molar-refractivity contribution < 1.29 is 13.9 Å². The summed E-state index contributed by atoms with van der Waals surface area (Å²) in [6.45, 7) is 7.99. The molecular formula is C18H20FN3O3S3. The summed E-state index contributed by atoms with van der Waals surface area (Å²) in [6, 6.07) is 2.92. The molecule has 0 spiro atoms. The molecule has 0 aliphatic rings. The van der Waals surface area contributed by atoms with Crippen molar-refractivity contribution in [2.45, 2.75) is 43.9 Å². The summed E-state index contributed by atoms with van der Waals surface area (Å²) < 4.78 is 22.1. The number of esters is 1. The molecule has 0 atom stereocenters. The normalized spacial score (nSPS) is 11.9. The number of aromatic nitrogens is 3. The van der Waals surface area contributed by atoms with E-state index >= 15 is 0 Å². The molecule has 6 nitrogen and oxygen atoms in total.